The summed E-state index contributed by atoms with van der Waals surface area (Å²) < 4.78 is 0. The minimum atomic E-state index is 0.499. The Bertz CT molecular complexity index is 880. The molecule has 0 saturated carbocycles. The summed E-state index contributed by atoms with van der Waals surface area (Å²) in [6.07, 6.45) is 6.43. The number of anilines is 1. The molecule has 1 aliphatic heterocycles. The molecule has 0 radical (unpaired) electrons. The lowest BCUT2D eigenvalue weighted by molar-refractivity contribution is 0.200. The topological polar surface area (TPSA) is 48.1 Å². The van der Waals surface area contributed by atoms with E-state index in [4.69, 9.17) is 0 Å². The van der Waals surface area contributed by atoms with E-state index < -0.39 is 0 Å². The van der Waals surface area contributed by atoms with Crippen LogP contribution in [0, 0.1) is 6.92 Å². The van der Waals surface area contributed by atoms with Crippen molar-refractivity contribution in [1.82, 2.24) is 20.1 Å². The van der Waals surface area contributed by atoms with Crippen LogP contribution in [-0.2, 0) is 6.54 Å². The van der Waals surface area contributed by atoms with E-state index in [0.29, 0.717) is 5.92 Å². The van der Waals surface area contributed by atoms with Gasteiger partial charge < -0.3 is 4.90 Å². The first-order chi connectivity index (χ1) is 13.1. The smallest absolute Gasteiger partial charge is 0.185 e. The zero-order valence-corrected chi connectivity index (χ0v) is 17.1. The largest absolute Gasteiger partial charge is 0.354 e. The van der Waals surface area contributed by atoms with Crippen LogP contribution in [0.2, 0.25) is 0 Å². The molecule has 1 unspecified atom stereocenters. The number of benzene rings is 1. The van der Waals surface area contributed by atoms with E-state index in [9.17, 15) is 0 Å². The molecule has 1 atom stereocenters. The Labute approximate surface area is 165 Å². The SMILES string of the molecule is Cc1ccc(-c2cn[nH]c2C2CCCN(Cc3cnc(N(C)C)s3)C2)cc1. The quantitative estimate of drug-likeness (QED) is 0.716. The van der Waals surface area contributed by atoms with Crippen molar-refractivity contribution in [3.05, 3.63) is 52.8 Å². The third-order valence-corrected chi connectivity index (χ3v) is 6.40. The van der Waals surface area contributed by atoms with Gasteiger partial charge in [0.2, 0.25) is 0 Å². The fourth-order valence-electron chi connectivity index (χ4n) is 3.80. The van der Waals surface area contributed by atoms with Crippen LogP contribution in [0.3, 0.4) is 0 Å². The number of nitrogens with one attached hydrogen (secondary N) is 1. The van der Waals surface area contributed by atoms with E-state index in [1.54, 1.807) is 11.3 Å². The second-order valence-corrected chi connectivity index (χ2v) is 8.73. The molecule has 1 saturated heterocycles. The highest BCUT2D eigenvalue weighted by Gasteiger charge is 2.25. The normalized spacial score (nSPS) is 18.0. The predicted octanol–water partition coefficient (Wildman–Crippen LogP) is 4.29. The molecule has 4 rings (SSSR count). The minimum Gasteiger partial charge on any atom is -0.354 e. The van der Waals surface area contributed by atoms with Gasteiger partial charge in [-0.2, -0.15) is 5.10 Å². The molecule has 0 aliphatic carbocycles. The third-order valence-electron chi connectivity index (χ3n) is 5.25. The first-order valence-electron chi connectivity index (χ1n) is 9.55. The maximum Gasteiger partial charge on any atom is 0.185 e. The second-order valence-electron chi connectivity index (χ2n) is 7.64. The Kier molecular flexibility index (Phi) is 5.27. The van der Waals surface area contributed by atoms with Crippen LogP contribution in [0.5, 0.6) is 0 Å². The molecule has 0 amide bonds. The van der Waals surface area contributed by atoms with E-state index >= 15 is 0 Å². The highest BCUT2D eigenvalue weighted by Crippen LogP contribution is 2.34. The van der Waals surface area contributed by atoms with Crippen molar-refractivity contribution in [1.29, 1.82) is 0 Å². The van der Waals surface area contributed by atoms with E-state index in [0.717, 1.165) is 24.8 Å². The molecule has 2 aromatic heterocycles. The number of hydrogen-bond donors (Lipinski definition) is 1. The monoisotopic (exact) mass is 381 g/mol. The molecule has 5 nitrogen and oxygen atoms in total. The lowest BCUT2D eigenvalue weighted by Crippen LogP contribution is -2.34. The molecule has 1 N–H and O–H groups in total. The van der Waals surface area contributed by atoms with Gasteiger partial charge in [-0.05, 0) is 31.9 Å². The Morgan fingerprint density at radius 3 is 2.78 bits per heavy atom. The second kappa shape index (κ2) is 7.82. The van der Waals surface area contributed by atoms with Crippen LogP contribution in [0.4, 0.5) is 5.13 Å². The molecule has 1 aromatic carbocycles. The van der Waals surface area contributed by atoms with Crippen LogP contribution in [0.1, 0.15) is 34.9 Å². The number of likely N-dealkylation sites (tertiary alicyclic amines) is 1. The summed E-state index contributed by atoms with van der Waals surface area (Å²) in [5.74, 6) is 0.499. The molecule has 3 heterocycles. The molecule has 142 valence electrons. The number of H-pyrrole nitrogens is 1. The van der Waals surface area contributed by atoms with Crippen LogP contribution in [0.25, 0.3) is 11.1 Å². The van der Waals surface area contributed by atoms with E-state index in [2.05, 4.69) is 56.2 Å². The van der Waals surface area contributed by atoms with Gasteiger partial charge >= 0.3 is 0 Å². The zero-order chi connectivity index (χ0) is 18.8. The Morgan fingerprint density at radius 1 is 1.22 bits per heavy atom. The van der Waals surface area contributed by atoms with Gasteiger partial charge in [-0.25, -0.2) is 4.98 Å². The maximum absolute atomic E-state index is 4.51. The van der Waals surface area contributed by atoms with Crippen molar-refractivity contribution in [3.8, 4) is 11.1 Å². The van der Waals surface area contributed by atoms with Crippen LogP contribution < -0.4 is 4.90 Å². The number of aromatic nitrogens is 3. The van der Waals surface area contributed by atoms with E-state index in [1.807, 2.05) is 26.5 Å². The summed E-state index contributed by atoms with van der Waals surface area (Å²) in [5.41, 5.74) is 5.06. The number of hydrogen-bond acceptors (Lipinski definition) is 5. The summed E-state index contributed by atoms with van der Waals surface area (Å²) in [6, 6.07) is 8.74. The number of piperidine rings is 1. The number of aromatic amines is 1. The molecular weight excluding hydrogens is 354 g/mol. The van der Waals surface area contributed by atoms with Gasteiger partial charge in [-0.1, -0.05) is 29.8 Å². The first kappa shape index (κ1) is 18.2. The molecule has 0 bridgehead atoms. The Hall–Kier alpha value is -2.18. The summed E-state index contributed by atoms with van der Waals surface area (Å²) in [7, 11) is 4.09. The standard InChI is InChI=1S/C21H27N5S/c1-15-6-8-16(9-7-15)19-12-23-24-20(19)17-5-4-10-26(13-17)14-18-11-22-21(27-18)25(2)3/h6-9,11-12,17H,4-5,10,13-14H2,1-3H3,(H,23,24). The van der Waals surface area contributed by atoms with Gasteiger partial charge in [0, 0.05) is 55.4 Å². The molecule has 3 aromatic rings. The van der Waals surface area contributed by atoms with Crippen LogP contribution in [0.15, 0.2) is 36.7 Å². The summed E-state index contributed by atoms with van der Waals surface area (Å²) >= 11 is 1.79. The van der Waals surface area contributed by atoms with Gasteiger partial charge in [0.15, 0.2) is 5.13 Å². The fourth-order valence-corrected chi connectivity index (χ4v) is 4.68. The highest BCUT2D eigenvalue weighted by molar-refractivity contribution is 7.15. The average molecular weight is 382 g/mol. The van der Waals surface area contributed by atoms with Gasteiger partial charge in [-0.3, -0.25) is 10.00 Å². The third kappa shape index (κ3) is 4.06. The average Bonchev–Trinajstić information content (AvgIpc) is 3.32. The molecule has 1 fully saturated rings. The summed E-state index contributed by atoms with van der Waals surface area (Å²) in [6.45, 7) is 5.33. The van der Waals surface area contributed by atoms with Crippen molar-refractivity contribution in [2.75, 3.05) is 32.1 Å². The van der Waals surface area contributed by atoms with Crippen molar-refractivity contribution in [2.45, 2.75) is 32.2 Å². The Morgan fingerprint density at radius 2 is 2.04 bits per heavy atom. The van der Waals surface area contributed by atoms with Gasteiger partial charge in [-0.15, -0.1) is 11.3 Å². The molecular formula is C21H27N5S. The summed E-state index contributed by atoms with van der Waals surface area (Å²) in [4.78, 5) is 10.5. The van der Waals surface area contributed by atoms with Crippen LogP contribution in [-0.4, -0.2) is 47.3 Å². The van der Waals surface area contributed by atoms with Gasteiger partial charge in [0.25, 0.3) is 0 Å². The fraction of sp³-hybridized carbons (Fsp3) is 0.429. The first-order valence-corrected chi connectivity index (χ1v) is 10.4. The lowest BCUT2D eigenvalue weighted by Gasteiger charge is -2.32. The van der Waals surface area contributed by atoms with E-state index in [-0.39, 0.29) is 0 Å². The van der Waals surface area contributed by atoms with Gasteiger partial charge in [0.05, 0.1) is 6.20 Å². The van der Waals surface area contributed by atoms with Crippen molar-refractivity contribution >= 4 is 16.5 Å². The molecule has 1 aliphatic rings. The maximum atomic E-state index is 4.51. The molecule has 6 heteroatoms. The zero-order valence-electron chi connectivity index (χ0n) is 16.3. The Balaban J connectivity index is 1.48. The lowest BCUT2D eigenvalue weighted by atomic mass is 9.90. The minimum absolute atomic E-state index is 0.499. The number of aryl methyl sites for hydroxylation is 1. The predicted molar refractivity (Wildman–Crippen MR) is 112 cm³/mol. The highest BCUT2D eigenvalue weighted by atomic mass is 32.1. The van der Waals surface area contributed by atoms with Crippen molar-refractivity contribution in [3.63, 3.8) is 0 Å². The molecule has 0 spiro atoms. The number of thiazole rings is 1. The van der Waals surface area contributed by atoms with Crippen molar-refractivity contribution in [2.24, 2.45) is 0 Å². The number of rotatable bonds is 5. The summed E-state index contributed by atoms with van der Waals surface area (Å²) in [5, 5.41) is 8.75. The number of nitrogens with zero attached hydrogens (tertiary/aromatic N) is 4. The van der Waals surface area contributed by atoms with Gasteiger partial charge in [0.1, 0.15) is 0 Å². The van der Waals surface area contributed by atoms with Crippen LogP contribution >= 0.6 is 11.3 Å². The van der Waals surface area contributed by atoms with E-state index in [1.165, 1.54) is 40.1 Å². The molecule has 27 heavy (non-hydrogen) atoms. The van der Waals surface area contributed by atoms with Crippen molar-refractivity contribution < 1.29 is 0 Å².